The summed E-state index contributed by atoms with van der Waals surface area (Å²) in [7, 11) is -1.40. The fourth-order valence-corrected chi connectivity index (χ4v) is 4.17. The van der Waals surface area contributed by atoms with Gasteiger partial charge in [-0.2, -0.15) is 0 Å². The highest BCUT2D eigenvalue weighted by molar-refractivity contribution is 7.84. The van der Waals surface area contributed by atoms with Crippen LogP contribution < -0.4 is 4.74 Å². The van der Waals surface area contributed by atoms with Crippen LogP contribution in [0.2, 0.25) is 0 Å². The van der Waals surface area contributed by atoms with Gasteiger partial charge < -0.3 is 9.84 Å². The van der Waals surface area contributed by atoms with E-state index in [-0.39, 0.29) is 35.0 Å². The van der Waals surface area contributed by atoms with Gasteiger partial charge in [0.05, 0.1) is 5.25 Å². The zero-order chi connectivity index (χ0) is 20.5. The molecule has 8 heteroatoms. The van der Waals surface area contributed by atoms with Gasteiger partial charge in [-0.05, 0) is 36.4 Å². The molecule has 4 rings (SSSR count). The molecule has 0 saturated heterocycles. The summed E-state index contributed by atoms with van der Waals surface area (Å²) in [6, 6.07) is 16.1. The summed E-state index contributed by atoms with van der Waals surface area (Å²) in [4.78, 5) is 32.6. The molecule has 1 aliphatic rings. The molecule has 0 aliphatic heterocycles. The largest absolute Gasteiger partial charge is 0.476 e. The minimum atomic E-state index is -1.40. The van der Waals surface area contributed by atoms with Crippen LogP contribution in [0.25, 0.3) is 11.4 Å². The highest BCUT2D eigenvalue weighted by Crippen LogP contribution is 2.37. The van der Waals surface area contributed by atoms with Crippen molar-refractivity contribution in [3.63, 3.8) is 0 Å². The predicted octanol–water partition coefficient (Wildman–Crippen LogP) is 3.64. The van der Waals surface area contributed by atoms with E-state index < -0.39 is 22.0 Å². The van der Waals surface area contributed by atoms with Gasteiger partial charge in [0.15, 0.2) is 17.3 Å². The molecule has 0 bridgehead atoms. The minimum absolute atomic E-state index is 0.0271. The average Bonchev–Trinajstić information content (AvgIpc) is 3.05. The van der Waals surface area contributed by atoms with Gasteiger partial charge in [0.2, 0.25) is 0 Å². The lowest BCUT2D eigenvalue weighted by molar-refractivity contribution is 0.0689. The summed E-state index contributed by atoms with van der Waals surface area (Å²) in [5.74, 6) is -0.193. The van der Waals surface area contributed by atoms with Gasteiger partial charge in [0.1, 0.15) is 17.2 Å². The summed E-state index contributed by atoms with van der Waals surface area (Å²) in [5.41, 5.74) is 0.471. The third kappa shape index (κ3) is 3.66. The molecule has 29 heavy (non-hydrogen) atoms. The highest BCUT2D eigenvalue weighted by atomic mass is 32.2. The van der Waals surface area contributed by atoms with Gasteiger partial charge in [-0.25, -0.2) is 14.8 Å². The molecule has 0 saturated carbocycles. The van der Waals surface area contributed by atoms with Crippen LogP contribution in [-0.4, -0.2) is 37.3 Å². The summed E-state index contributed by atoms with van der Waals surface area (Å²) in [6.07, 6.45) is 1.42. The fraction of sp³-hybridized carbons (Fsp3) is 0.143. The number of ether oxygens (including phenoxy) is 1. The molecule has 1 aromatic heterocycles. The molecule has 1 aliphatic carbocycles. The Labute approximate surface area is 168 Å². The number of carboxylic acids is 1. The molecule has 0 fully saturated rings. The van der Waals surface area contributed by atoms with Crippen LogP contribution in [0, 0.1) is 0 Å². The molecule has 3 aromatic rings. The van der Waals surface area contributed by atoms with E-state index in [4.69, 9.17) is 4.74 Å². The third-order valence-corrected chi connectivity index (χ3v) is 5.80. The molecule has 0 radical (unpaired) electrons. The summed E-state index contributed by atoms with van der Waals surface area (Å²) in [5, 5.41) is 8.90. The molecular weight excluding hydrogens is 392 g/mol. The molecule has 146 valence electrons. The van der Waals surface area contributed by atoms with E-state index >= 15 is 0 Å². The third-order valence-electron chi connectivity index (χ3n) is 4.60. The summed E-state index contributed by atoms with van der Waals surface area (Å²) < 4.78 is 17.7. The minimum Gasteiger partial charge on any atom is -0.476 e. The number of fused-ring (bicyclic) bond motifs is 1. The SMILES string of the molecule is CS(=O)C1CC(=O)c2nc(-c3ccc(Oc4ccccc4)cc3)nc(C(=O)O)c21. The molecule has 0 spiro atoms. The van der Waals surface area contributed by atoms with E-state index in [1.807, 2.05) is 30.3 Å². The summed E-state index contributed by atoms with van der Waals surface area (Å²) in [6.45, 7) is 0. The predicted molar refractivity (Wildman–Crippen MR) is 107 cm³/mol. The number of Topliss-reactive ketones (excluding diaryl/α,β-unsaturated/α-hetero) is 1. The quantitative estimate of drug-likeness (QED) is 0.687. The standard InChI is InChI=1S/C21H16N2O5S/c1-29(27)16-11-15(24)18-17(16)19(21(25)26)23-20(22-18)12-7-9-14(10-8-12)28-13-5-3-2-4-6-13/h2-10,16H,11H2,1H3,(H,25,26). The number of hydrogen-bond donors (Lipinski definition) is 1. The van der Waals surface area contributed by atoms with Crippen LogP contribution in [0.15, 0.2) is 54.6 Å². The topological polar surface area (TPSA) is 106 Å². The number of hydrogen-bond acceptors (Lipinski definition) is 6. The van der Waals surface area contributed by atoms with Crippen molar-refractivity contribution in [3.8, 4) is 22.9 Å². The second kappa shape index (κ2) is 7.56. The van der Waals surface area contributed by atoms with E-state index in [0.717, 1.165) is 0 Å². The molecule has 7 nitrogen and oxygen atoms in total. The van der Waals surface area contributed by atoms with Gasteiger partial charge in [0.25, 0.3) is 0 Å². The smallest absolute Gasteiger partial charge is 0.354 e. The number of aromatic carboxylic acids is 1. The molecule has 1 N–H and O–H groups in total. The number of benzene rings is 2. The number of carbonyl (C=O) groups is 2. The molecular formula is C21H16N2O5S. The first-order chi connectivity index (χ1) is 13.9. The number of nitrogens with zero attached hydrogens (tertiary/aromatic N) is 2. The Balaban J connectivity index is 1.72. The van der Waals surface area contributed by atoms with Crippen molar-refractivity contribution in [1.29, 1.82) is 0 Å². The van der Waals surface area contributed by atoms with Crippen LogP contribution in [0.3, 0.4) is 0 Å². The second-order valence-electron chi connectivity index (χ2n) is 6.52. The van der Waals surface area contributed by atoms with E-state index in [0.29, 0.717) is 17.1 Å². The number of carbonyl (C=O) groups excluding carboxylic acids is 1. The normalized spacial score (nSPS) is 16.3. The van der Waals surface area contributed by atoms with Gasteiger partial charge in [-0.3, -0.25) is 9.00 Å². The number of carboxylic acid groups (broad SMARTS) is 1. The first kappa shape index (κ1) is 18.9. The number of rotatable bonds is 5. The Morgan fingerprint density at radius 3 is 2.34 bits per heavy atom. The first-order valence-corrected chi connectivity index (χ1v) is 10.4. The van der Waals surface area contributed by atoms with Crippen molar-refractivity contribution in [1.82, 2.24) is 9.97 Å². The molecule has 1 heterocycles. The van der Waals surface area contributed by atoms with Crippen LogP contribution >= 0.6 is 0 Å². The number of ketones is 1. The lowest BCUT2D eigenvalue weighted by Crippen LogP contribution is -2.13. The maximum atomic E-state index is 12.4. The Morgan fingerprint density at radius 2 is 1.72 bits per heavy atom. The average molecular weight is 408 g/mol. The van der Waals surface area contributed by atoms with Crippen molar-refractivity contribution in [2.75, 3.05) is 6.26 Å². The van der Waals surface area contributed by atoms with E-state index in [1.54, 1.807) is 24.3 Å². The van der Waals surface area contributed by atoms with Crippen LogP contribution in [0.1, 0.15) is 38.2 Å². The van der Waals surface area contributed by atoms with Crippen LogP contribution in [0.5, 0.6) is 11.5 Å². The Bertz CT molecular complexity index is 1130. The number of aromatic nitrogens is 2. The molecule has 2 unspecified atom stereocenters. The van der Waals surface area contributed by atoms with Crippen molar-refractivity contribution in [3.05, 3.63) is 71.5 Å². The fourth-order valence-electron chi connectivity index (χ4n) is 3.23. The molecule has 2 atom stereocenters. The Kier molecular flexibility index (Phi) is 4.94. The first-order valence-electron chi connectivity index (χ1n) is 8.78. The van der Waals surface area contributed by atoms with E-state index in [1.165, 1.54) is 6.26 Å². The van der Waals surface area contributed by atoms with Crippen molar-refractivity contribution < 1.29 is 23.6 Å². The number of para-hydroxylation sites is 1. The van der Waals surface area contributed by atoms with Gasteiger partial charge in [-0.1, -0.05) is 18.2 Å². The molecule has 0 amide bonds. The lowest BCUT2D eigenvalue weighted by atomic mass is 10.1. The van der Waals surface area contributed by atoms with E-state index in [9.17, 15) is 18.9 Å². The second-order valence-corrected chi connectivity index (χ2v) is 8.08. The Morgan fingerprint density at radius 1 is 1.07 bits per heavy atom. The van der Waals surface area contributed by atoms with Crippen molar-refractivity contribution in [2.45, 2.75) is 11.7 Å². The highest BCUT2D eigenvalue weighted by Gasteiger charge is 2.38. The molecule has 2 aromatic carbocycles. The van der Waals surface area contributed by atoms with Crippen LogP contribution in [-0.2, 0) is 10.8 Å². The lowest BCUT2D eigenvalue weighted by Gasteiger charge is -2.11. The zero-order valence-electron chi connectivity index (χ0n) is 15.4. The zero-order valence-corrected chi connectivity index (χ0v) is 16.2. The van der Waals surface area contributed by atoms with Crippen molar-refractivity contribution in [2.24, 2.45) is 0 Å². The van der Waals surface area contributed by atoms with Crippen LogP contribution in [0.4, 0.5) is 0 Å². The maximum absolute atomic E-state index is 12.4. The monoisotopic (exact) mass is 408 g/mol. The van der Waals surface area contributed by atoms with Crippen molar-refractivity contribution >= 4 is 22.6 Å². The maximum Gasteiger partial charge on any atom is 0.354 e. The van der Waals surface area contributed by atoms with Gasteiger partial charge >= 0.3 is 5.97 Å². The van der Waals surface area contributed by atoms with Gasteiger partial charge in [0, 0.05) is 34.6 Å². The van der Waals surface area contributed by atoms with Gasteiger partial charge in [-0.15, -0.1) is 0 Å². The Hall–Kier alpha value is -3.39. The van der Waals surface area contributed by atoms with E-state index in [2.05, 4.69) is 9.97 Å². The summed E-state index contributed by atoms with van der Waals surface area (Å²) >= 11 is 0.